The molecule has 1 aromatic rings. The van der Waals surface area contributed by atoms with Gasteiger partial charge in [-0.1, -0.05) is 18.3 Å². The van der Waals surface area contributed by atoms with Crippen molar-refractivity contribution >= 4 is 17.3 Å². The summed E-state index contributed by atoms with van der Waals surface area (Å²) in [5, 5.41) is 0. The molecule has 0 saturated heterocycles. The second-order valence-electron chi connectivity index (χ2n) is 3.09. The van der Waals surface area contributed by atoms with Crippen LogP contribution in [0.1, 0.15) is 35.6 Å². The van der Waals surface area contributed by atoms with Crippen LogP contribution in [0.5, 0.6) is 0 Å². The van der Waals surface area contributed by atoms with Crippen molar-refractivity contribution in [3.63, 3.8) is 0 Å². The number of H-pyrrole nitrogens is 1. The molecule has 0 bridgehead atoms. The van der Waals surface area contributed by atoms with Gasteiger partial charge >= 0.3 is 10.8 Å². The second-order valence-corrected chi connectivity index (χ2v) is 4.08. The number of hydrogen-bond donors (Lipinski definition) is 1. The molecule has 0 radical (unpaired) electrons. The van der Waals surface area contributed by atoms with Crippen LogP contribution in [0.15, 0.2) is 4.79 Å². The first-order valence-corrected chi connectivity index (χ1v) is 5.27. The van der Waals surface area contributed by atoms with Crippen molar-refractivity contribution in [2.24, 2.45) is 0 Å². The van der Waals surface area contributed by atoms with E-state index in [1.54, 1.807) is 6.92 Å². The van der Waals surface area contributed by atoms with Crippen molar-refractivity contribution in [3.05, 3.63) is 20.2 Å². The summed E-state index contributed by atoms with van der Waals surface area (Å²) >= 11 is 0.889. The number of nitrogens with one attached hydrogen (secondary N) is 1. The standard InChI is InChI=1S/C9H13NO3S/c1-4-5(2)13-8(11)7-6(3)10-9(12)14-7/h5H,4H2,1-3H3,(H,10,12). The first-order valence-electron chi connectivity index (χ1n) is 4.45. The summed E-state index contributed by atoms with van der Waals surface area (Å²) in [6, 6.07) is 0. The molecule has 5 heteroatoms. The van der Waals surface area contributed by atoms with Gasteiger partial charge in [-0.05, 0) is 20.3 Å². The molecule has 4 nitrogen and oxygen atoms in total. The predicted octanol–water partition coefficient (Wildman–Crippen LogP) is 1.70. The molecule has 0 amide bonds. The number of carbonyl (C=O) groups is 1. The van der Waals surface area contributed by atoms with Crippen molar-refractivity contribution < 1.29 is 9.53 Å². The largest absolute Gasteiger partial charge is 0.458 e. The molecule has 1 atom stereocenters. The number of aryl methyl sites for hydroxylation is 1. The molecule has 0 aliphatic rings. The smallest absolute Gasteiger partial charge is 0.350 e. The Morgan fingerprint density at radius 2 is 2.29 bits per heavy atom. The predicted molar refractivity (Wildman–Crippen MR) is 54.8 cm³/mol. The lowest BCUT2D eigenvalue weighted by Crippen LogP contribution is -2.13. The van der Waals surface area contributed by atoms with Gasteiger partial charge in [0, 0.05) is 5.69 Å². The monoisotopic (exact) mass is 215 g/mol. The first kappa shape index (κ1) is 11.0. The van der Waals surface area contributed by atoms with E-state index >= 15 is 0 Å². The van der Waals surface area contributed by atoms with Gasteiger partial charge in [0.2, 0.25) is 0 Å². The Bertz CT molecular complexity index is 380. The number of rotatable bonds is 3. The molecule has 1 N–H and O–H groups in total. The normalized spacial score (nSPS) is 12.5. The minimum absolute atomic E-state index is 0.112. The highest BCUT2D eigenvalue weighted by Gasteiger charge is 2.16. The van der Waals surface area contributed by atoms with E-state index in [1.807, 2.05) is 13.8 Å². The molecule has 1 rings (SSSR count). The van der Waals surface area contributed by atoms with Gasteiger partial charge in [0.25, 0.3) is 0 Å². The molecule has 78 valence electrons. The number of thiazole rings is 1. The van der Waals surface area contributed by atoms with Gasteiger partial charge in [-0.2, -0.15) is 0 Å². The number of ether oxygens (including phenoxy) is 1. The Hall–Kier alpha value is -1.10. The lowest BCUT2D eigenvalue weighted by molar-refractivity contribution is 0.0339. The van der Waals surface area contributed by atoms with Gasteiger partial charge < -0.3 is 9.72 Å². The number of aromatic amines is 1. The van der Waals surface area contributed by atoms with Crippen LogP contribution in [0.3, 0.4) is 0 Å². The fourth-order valence-corrected chi connectivity index (χ4v) is 1.64. The molecular weight excluding hydrogens is 202 g/mol. The van der Waals surface area contributed by atoms with Gasteiger partial charge in [-0.25, -0.2) is 4.79 Å². The summed E-state index contributed by atoms with van der Waals surface area (Å²) in [4.78, 5) is 25.1. The highest BCUT2D eigenvalue weighted by Crippen LogP contribution is 2.11. The van der Waals surface area contributed by atoms with Crippen LogP contribution in [0, 0.1) is 6.92 Å². The minimum atomic E-state index is -0.416. The fraction of sp³-hybridized carbons (Fsp3) is 0.556. The second kappa shape index (κ2) is 4.41. The van der Waals surface area contributed by atoms with E-state index in [1.165, 1.54) is 0 Å². The number of hydrogen-bond acceptors (Lipinski definition) is 4. The third-order valence-electron chi connectivity index (χ3n) is 1.89. The molecule has 1 aromatic heterocycles. The average molecular weight is 215 g/mol. The Balaban J connectivity index is 2.79. The van der Waals surface area contributed by atoms with Gasteiger partial charge in [-0.15, -0.1) is 0 Å². The zero-order valence-corrected chi connectivity index (χ0v) is 9.23. The third kappa shape index (κ3) is 2.45. The number of aromatic nitrogens is 1. The van der Waals surface area contributed by atoms with Crippen LogP contribution in [0.2, 0.25) is 0 Å². The van der Waals surface area contributed by atoms with E-state index in [2.05, 4.69) is 4.98 Å². The van der Waals surface area contributed by atoms with Crippen LogP contribution >= 0.6 is 11.3 Å². The molecule has 1 heterocycles. The molecule has 0 fully saturated rings. The van der Waals surface area contributed by atoms with Gasteiger partial charge in [-0.3, -0.25) is 4.79 Å². The van der Waals surface area contributed by atoms with Crippen molar-refractivity contribution in [1.82, 2.24) is 4.98 Å². The summed E-state index contributed by atoms with van der Waals surface area (Å²) in [7, 11) is 0. The molecule has 0 spiro atoms. The van der Waals surface area contributed by atoms with Crippen LogP contribution in [0.25, 0.3) is 0 Å². The Kier molecular flexibility index (Phi) is 3.46. The van der Waals surface area contributed by atoms with Crippen LogP contribution < -0.4 is 4.87 Å². The molecule has 0 saturated carbocycles. The van der Waals surface area contributed by atoms with Crippen molar-refractivity contribution in [3.8, 4) is 0 Å². The zero-order chi connectivity index (χ0) is 10.7. The SMILES string of the molecule is CCC(C)OC(=O)c1sc(=O)[nH]c1C. The Labute approximate surface area is 85.9 Å². The van der Waals surface area contributed by atoms with E-state index in [-0.39, 0.29) is 11.0 Å². The van der Waals surface area contributed by atoms with E-state index in [0.29, 0.717) is 10.6 Å². The molecule has 0 aliphatic carbocycles. The molecular formula is C9H13NO3S. The number of esters is 1. The number of carbonyl (C=O) groups excluding carboxylic acids is 1. The first-order chi connectivity index (χ1) is 6.54. The van der Waals surface area contributed by atoms with E-state index in [4.69, 9.17) is 4.74 Å². The highest BCUT2D eigenvalue weighted by molar-refractivity contribution is 7.11. The summed E-state index contributed by atoms with van der Waals surface area (Å²) in [5.41, 5.74) is 0.577. The van der Waals surface area contributed by atoms with Crippen molar-refractivity contribution in [2.75, 3.05) is 0 Å². The lowest BCUT2D eigenvalue weighted by atomic mass is 10.3. The van der Waals surface area contributed by atoms with Gasteiger partial charge in [0.1, 0.15) is 4.88 Å². The minimum Gasteiger partial charge on any atom is -0.458 e. The maximum Gasteiger partial charge on any atom is 0.350 e. The molecule has 1 unspecified atom stereocenters. The Morgan fingerprint density at radius 1 is 1.64 bits per heavy atom. The van der Waals surface area contributed by atoms with Crippen LogP contribution in [-0.2, 0) is 4.74 Å². The van der Waals surface area contributed by atoms with Crippen LogP contribution in [-0.4, -0.2) is 17.1 Å². The van der Waals surface area contributed by atoms with Crippen molar-refractivity contribution in [1.29, 1.82) is 0 Å². The van der Waals surface area contributed by atoms with Gasteiger partial charge in [0.15, 0.2) is 0 Å². The summed E-state index contributed by atoms with van der Waals surface area (Å²) in [5.74, 6) is -0.416. The molecule has 0 aliphatic heterocycles. The van der Waals surface area contributed by atoms with Crippen molar-refractivity contribution in [2.45, 2.75) is 33.3 Å². The summed E-state index contributed by atoms with van der Waals surface area (Å²) in [6.07, 6.45) is 0.656. The van der Waals surface area contributed by atoms with E-state index in [0.717, 1.165) is 17.8 Å². The maximum absolute atomic E-state index is 11.5. The highest BCUT2D eigenvalue weighted by atomic mass is 32.1. The Morgan fingerprint density at radius 3 is 2.71 bits per heavy atom. The molecule has 0 aromatic carbocycles. The summed E-state index contributed by atoms with van der Waals surface area (Å²) < 4.78 is 5.09. The van der Waals surface area contributed by atoms with E-state index < -0.39 is 5.97 Å². The zero-order valence-electron chi connectivity index (χ0n) is 8.42. The lowest BCUT2D eigenvalue weighted by Gasteiger charge is -2.09. The topological polar surface area (TPSA) is 59.2 Å². The van der Waals surface area contributed by atoms with E-state index in [9.17, 15) is 9.59 Å². The summed E-state index contributed by atoms with van der Waals surface area (Å²) in [6.45, 7) is 5.44. The van der Waals surface area contributed by atoms with Crippen LogP contribution in [0.4, 0.5) is 0 Å². The fourth-order valence-electron chi connectivity index (χ4n) is 0.919. The van der Waals surface area contributed by atoms with Gasteiger partial charge in [0.05, 0.1) is 6.10 Å². The molecule has 14 heavy (non-hydrogen) atoms. The maximum atomic E-state index is 11.5. The quantitative estimate of drug-likeness (QED) is 0.781. The average Bonchev–Trinajstić information content (AvgIpc) is 2.45. The third-order valence-corrected chi connectivity index (χ3v) is 2.86.